The Hall–Kier alpha value is -2.59. The van der Waals surface area contributed by atoms with E-state index >= 15 is 0 Å². The molecule has 1 rings (SSSR count). The number of carbonyl (C=O) groups is 2. The first kappa shape index (κ1) is 22.4. The van der Waals surface area contributed by atoms with E-state index in [2.05, 4.69) is 20.6 Å². The Morgan fingerprint density at radius 1 is 1.16 bits per heavy atom. The number of halogens is 3. The Morgan fingerprint density at radius 2 is 1.68 bits per heavy atom. The molecule has 1 aromatic heterocycles. The fourth-order valence-corrected chi connectivity index (χ4v) is 1.41. The number of aryl methyl sites for hydroxylation is 1. The van der Waals surface area contributed by atoms with Gasteiger partial charge in [0.05, 0.1) is 0 Å². The van der Waals surface area contributed by atoms with Crippen LogP contribution in [0.5, 0.6) is 0 Å². The van der Waals surface area contributed by atoms with Gasteiger partial charge in [-0.1, -0.05) is 0 Å². The molecule has 11 heteroatoms. The zero-order valence-electron chi connectivity index (χ0n) is 14.7. The zero-order valence-corrected chi connectivity index (χ0v) is 14.7. The number of alkyl halides is 3. The lowest BCUT2D eigenvalue weighted by Crippen LogP contribution is -2.27. The molecule has 142 valence electrons. The number of hydrogen-bond donors (Lipinski definition) is 3. The van der Waals surface area contributed by atoms with Crippen molar-refractivity contribution in [3.05, 3.63) is 11.3 Å². The molecular formula is C14H22F3N5O3. The van der Waals surface area contributed by atoms with Crippen molar-refractivity contribution >= 4 is 23.6 Å². The highest BCUT2D eigenvalue weighted by molar-refractivity contribution is 5.73. The number of nitrogens with zero attached hydrogens (tertiary/aromatic N) is 3. The molecular weight excluding hydrogens is 343 g/mol. The summed E-state index contributed by atoms with van der Waals surface area (Å²) >= 11 is 0. The topological polar surface area (TPSA) is 107 Å². The van der Waals surface area contributed by atoms with Crippen LogP contribution in [0.3, 0.4) is 0 Å². The minimum Gasteiger partial charge on any atom is -0.475 e. The van der Waals surface area contributed by atoms with Gasteiger partial charge in [-0.3, -0.25) is 4.79 Å². The van der Waals surface area contributed by atoms with Gasteiger partial charge in [-0.15, -0.1) is 0 Å². The molecule has 0 radical (unpaired) electrons. The van der Waals surface area contributed by atoms with Crippen molar-refractivity contribution in [3.63, 3.8) is 0 Å². The average Bonchev–Trinajstić information content (AvgIpc) is 2.46. The number of aromatic nitrogens is 2. The molecule has 0 aliphatic carbocycles. The Balaban J connectivity index is 0.000000697. The molecule has 0 aliphatic heterocycles. The highest BCUT2D eigenvalue weighted by Crippen LogP contribution is 2.17. The predicted octanol–water partition coefficient (Wildman–Crippen LogP) is 1.34. The van der Waals surface area contributed by atoms with Gasteiger partial charge in [0.25, 0.3) is 0 Å². The number of aliphatic carboxylic acids is 1. The van der Waals surface area contributed by atoms with Crippen molar-refractivity contribution in [2.45, 2.75) is 26.9 Å². The summed E-state index contributed by atoms with van der Waals surface area (Å²) in [4.78, 5) is 30.3. The first-order valence-corrected chi connectivity index (χ1v) is 7.17. The van der Waals surface area contributed by atoms with Gasteiger partial charge in [0.15, 0.2) is 0 Å². The molecule has 0 atom stereocenters. The van der Waals surface area contributed by atoms with Crippen LogP contribution >= 0.6 is 0 Å². The maximum absolute atomic E-state index is 10.7. The van der Waals surface area contributed by atoms with E-state index in [1.54, 1.807) is 0 Å². The Bertz CT molecular complexity index is 606. The summed E-state index contributed by atoms with van der Waals surface area (Å²) in [5.74, 6) is -1.29. The van der Waals surface area contributed by atoms with Crippen LogP contribution < -0.4 is 15.5 Å². The molecule has 1 aromatic rings. The zero-order chi connectivity index (χ0) is 19.8. The van der Waals surface area contributed by atoms with Crippen LogP contribution in [0.25, 0.3) is 0 Å². The summed E-state index contributed by atoms with van der Waals surface area (Å²) in [5.41, 5.74) is 1.99. The van der Waals surface area contributed by atoms with Crippen molar-refractivity contribution in [2.24, 2.45) is 0 Å². The third kappa shape index (κ3) is 8.72. The van der Waals surface area contributed by atoms with Crippen LogP contribution in [0, 0.1) is 13.8 Å². The summed E-state index contributed by atoms with van der Waals surface area (Å²) in [5, 5.41) is 13.1. The van der Waals surface area contributed by atoms with Crippen molar-refractivity contribution in [1.29, 1.82) is 0 Å². The Kier molecular flexibility index (Phi) is 8.65. The molecule has 0 aromatic carbocycles. The number of carboxylic acid groups (broad SMARTS) is 1. The lowest BCUT2D eigenvalue weighted by atomic mass is 10.2. The number of amides is 1. The van der Waals surface area contributed by atoms with Crippen LogP contribution in [0.2, 0.25) is 0 Å². The number of nitrogens with one attached hydrogen (secondary N) is 2. The minimum absolute atomic E-state index is 0.0265. The van der Waals surface area contributed by atoms with Crippen molar-refractivity contribution in [1.82, 2.24) is 15.3 Å². The van der Waals surface area contributed by atoms with Crippen LogP contribution in [-0.4, -0.2) is 60.3 Å². The average molecular weight is 365 g/mol. The number of carbonyl (C=O) groups excluding carboxylic acids is 1. The maximum atomic E-state index is 10.7. The normalized spacial score (nSPS) is 10.4. The van der Waals surface area contributed by atoms with E-state index < -0.39 is 12.1 Å². The molecule has 0 spiro atoms. The van der Waals surface area contributed by atoms with Crippen molar-refractivity contribution in [3.8, 4) is 0 Å². The van der Waals surface area contributed by atoms with E-state index in [4.69, 9.17) is 9.90 Å². The minimum atomic E-state index is -5.08. The molecule has 1 amide bonds. The molecule has 1 heterocycles. The lowest BCUT2D eigenvalue weighted by Gasteiger charge is -2.16. The SMILES string of the molecule is CC(=O)NCCNc1nc(N(C)C)nc(C)c1C.O=C(O)C(F)(F)F. The van der Waals surface area contributed by atoms with Gasteiger partial charge in [0, 0.05) is 45.4 Å². The van der Waals surface area contributed by atoms with E-state index in [1.165, 1.54) is 6.92 Å². The summed E-state index contributed by atoms with van der Waals surface area (Å²) in [7, 11) is 3.82. The van der Waals surface area contributed by atoms with E-state index in [0.717, 1.165) is 17.1 Å². The number of carboxylic acids is 1. The smallest absolute Gasteiger partial charge is 0.475 e. The van der Waals surface area contributed by atoms with Gasteiger partial charge in [0.1, 0.15) is 5.82 Å². The van der Waals surface area contributed by atoms with Gasteiger partial charge < -0.3 is 20.6 Å². The molecule has 0 aliphatic rings. The molecule has 0 bridgehead atoms. The highest BCUT2D eigenvalue weighted by Gasteiger charge is 2.38. The highest BCUT2D eigenvalue weighted by atomic mass is 19.4. The first-order valence-electron chi connectivity index (χ1n) is 7.17. The second-order valence-electron chi connectivity index (χ2n) is 5.19. The molecule has 0 saturated carbocycles. The summed E-state index contributed by atoms with van der Waals surface area (Å²) in [6, 6.07) is 0. The molecule has 25 heavy (non-hydrogen) atoms. The molecule has 8 nitrogen and oxygen atoms in total. The molecule has 0 saturated heterocycles. The van der Waals surface area contributed by atoms with Crippen LogP contribution in [0.15, 0.2) is 0 Å². The summed E-state index contributed by atoms with van der Waals surface area (Å²) < 4.78 is 31.7. The van der Waals surface area contributed by atoms with E-state index in [0.29, 0.717) is 19.0 Å². The van der Waals surface area contributed by atoms with E-state index in [1.807, 2.05) is 32.8 Å². The summed E-state index contributed by atoms with van der Waals surface area (Å²) in [6.07, 6.45) is -5.08. The van der Waals surface area contributed by atoms with Gasteiger partial charge in [0.2, 0.25) is 11.9 Å². The number of anilines is 2. The Labute approximate surface area is 143 Å². The predicted molar refractivity (Wildman–Crippen MR) is 86.7 cm³/mol. The second kappa shape index (κ2) is 9.64. The summed E-state index contributed by atoms with van der Waals surface area (Å²) in [6.45, 7) is 6.67. The van der Waals surface area contributed by atoms with Gasteiger partial charge in [-0.2, -0.15) is 18.2 Å². The second-order valence-corrected chi connectivity index (χ2v) is 5.19. The maximum Gasteiger partial charge on any atom is 0.490 e. The number of rotatable bonds is 5. The van der Waals surface area contributed by atoms with E-state index in [-0.39, 0.29) is 5.91 Å². The first-order chi connectivity index (χ1) is 11.4. The van der Waals surface area contributed by atoms with Crippen LogP contribution in [0.1, 0.15) is 18.2 Å². The quantitative estimate of drug-likeness (QED) is 0.676. The van der Waals surface area contributed by atoms with Crippen molar-refractivity contribution < 1.29 is 27.9 Å². The van der Waals surface area contributed by atoms with Gasteiger partial charge in [-0.05, 0) is 13.8 Å². The fourth-order valence-electron chi connectivity index (χ4n) is 1.41. The van der Waals surface area contributed by atoms with Gasteiger partial charge >= 0.3 is 12.1 Å². The van der Waals surface area contributed by atoms with Crippen LogP contribution in [-0.2, 0) is 9.59 Å². The largest absolute Gasteiger partial charge is 0.490 e. The molecule has 0 fully saturated rings. The lowest BCUT2D eigenvalue weighted by molar-refractivity contribution is -0.192. The monoisotopic (exact) mass is 365 g/mol. The number of hydrogen-bond acceptors (Lipinski definition) is 6. The fraction of sp³-hybridized carbons (Fsp3) is 0.571. The third-order valence-corrected chi connectivity index (χ3v) is 2.81. The standard InChI is InChI=1S/C12H21N5O.C2HF3O2/c1-8-9(2)15-12(17(4)5)16-11(8)14-7-6-13-10(3)18;3-2(4,5)1(6)7/h6-7H2,1-5H3,(H,13,18)(H,14,15,16);(H,6,7). The van der Waals surface area contributed by atoms with E-state index in [9.17, 15) is 18.0 Å². The van der Waals surface area contributed by atoms with Gasteiger partial charge in [-0.25, -0.2) is 9.78 Å². The Morgan fingerprint density at radius 3 is 2.08 bits per heavy atom. The van der Waals surface area contributed by atoms with Crippen molar-refractivity contribution in [2.75, 3.05) is 37.4 Å². The molecule has 3 N–H and O–H groups in total. The third-order valence-electron chi connectivity index (χ3n) is 2.81. The molecule has 0 unspecified atom stereocenters. The van der Waals surface area contributed by atoms with Crippen LogP contribution in [0.4, 0.5) is 24.9 Å².